The van der Waals surface area contributed by atoms with E-state index in [9.17, 15) is 9.18 Å². The fourth-order valence-electron chi connectivity index (χ4n) is 3.51. The topological polar surface area (TPSA) is 67.4 Å². The highest BCUT2D eigenvalue weighted by atomic mass is 19.1. The van der Waals surface area contributed by atoms with Gasteiger partial charge in [-0.2, -0.15) is 5.10 Å². The maximum absolute atomic E-state index is 13.1. The first-order valence-corrected chi connectivity index (χ1v) is 9.31. The summed E-state index contributed by atoms with van der Waals surface area (Å²) in [5.74, 6) is 0.291. The molecule has 0 bridgehead atoms. The minimum Gasteiger partial charge on any atom is -0.382 e. The fraction of sp³-hybridized carbons (Fsp3) is 0.500. The number of carbonyl (C=O) groups is 1. The van der Waals surface area contributed by atoms with Gasteiger partial charge in [-0.15, -0.1) is 0 Å². The average molecular weight is 373 g/mol. The Hall–Kier alpha value is -2.41. The molecule has 0 amide bonds. The van der Waals surface area contributed by atoms with Crippen LogP contribution in [0.25, 0.3) is 0 Å². The molecule has 2 N–H and O–H groups in total. The van der Waals surface area contributed by atoms with Crippen molar-refractivity contribution in [1.29, 1.82) is 0 Å². The summed E-state index contributed by atoms with van der Waals surface area (Å²) in [6, 6.07) is 6.30. The Morgan fingerprint density at radius 2 is 1.81 bits per heavy atom. The minimum absolute atomic E-state index is 0.0835. The van der Waals surface area contributed by atoms with Crippen LogP contribution < -0.4 is 10.6 Å². The number of nitrogens with zero attached hydrogens (tertiary/aromatic N) is 4. The van der Waals surface area contributed by atoms with Gasteiger partial charge in [0, 0.05) is 43.6 Å². The smallest absolute Gasteiger partial charge is 0.149 e. The molecular formula is C20H28FN5O. The van der Waals surface area contributed by atoms with Crippen molar-refractivity contribution in [1.82, 2.24) is 14.7 Å². The van der Waals surface area contributed by atoms with Crippen molar-refractivity contribution >= 4 is 17.8 Å². The lowest BCUT2D eigenvalue weighted by molar-refractivity contribution is -0.113. The number of hydrogen-bond donors (Lipinski definition) is 1. The van der Waals surface area contributed by atoms with Gasteiger partial charge in [0.15, 0.2) is 0 Å². The molecular weight excluding hydrogens is 345 g/mol. The molecule has 3 rings (SSSR count). The van der Waals surface area contributed by atoms with Crippen LogP contribution in [0.3, 0.4) is 0 Å². The Kier molecular flexibility index (Phi) is 5.51. The number of halogens is 1. The van der Waals surface area contributed by atoms with E-state index in [-0.39, 0.29) is 17.3 Å². The first-order chi connectivity index (χ1) is 12.8. The first-order valence-electron chi connectivity index (χ1n) is 9.31. The SMILES string of the molecule is CC(C)(C)c1cn(CC(C=O)N2CCN(c3ccc(F)cc3)CC2)nc1N. The Bertz CT molecular complexity index is 773. The van der Waals surface area contributed by atoms with Crippen molar-refractivity contribution in [2.45, 2.75) is 38.8 Å². The van der Waals surface area contributed by atoms with Crippen molar-refractivity contribution in [3.05, 3.63) is 41.8 Å². The van der Waals surface area contributed by atoms with Gasteiger partial charge in [0.2, 0.25) is 0 Å². The Morgan fingerprint density at radius 3 is 2.33 bits per heavy atom. The lowest BCUT2D eigenvalue weighted by Gasteiger charge is -2.38. The monoisotopic (exact) mass is 373 g/mol. The predicted molar refractivity (Wildman–Crippen MR) is 105 cm³/mol. The summed E-state index contributed by atoms with van der Waals surface area (Å²) in [4.78, 5) is 16.1. The van der Waals surface area contributed by atoms with Crippen LogP contribution in [0.1, 0.15) is 26.3 Å². The van der Waals surface area contributed by atoms with Crippen LogP contribution in [0.4, 0.5) is 15.9 Å². The molecule has 2 aromatic rings. The standard InChI is InChI=1S/C20H28FN5O/c1-20(2,3)18-13-26(23-19(18)22)12-17(14-27)25-10-8-24(9-11-25)16-6-4-15(21)5-7-16/h4-7,13-14,17H,8-12H2,1-3H3,(H2,22,23). The molecule has 0 aliphatic carbocycles. The molecule has 0 spiro atoms. The summed E-state index contributed by atoms with van der Waals surface area (Å²) in [5.41, 5.74) is 7.97. The largest absolute Gasteiger partial charge is 0.382 e. The highest BCUT2D eigenvalue weighted by Gasteiger charge is 2.26. The number of aldehydes is 1. The number of piperazine rings is 1. The summed E-state index contributed by atoms with van der Waals surface area (Å²) in [6.07, 6.45) is 2.93. The maximum Gasteiger partial charge on any atom is 0.149 e. The van der Waals surface area contributed by atoms with Crippen LogP contribution in [0.15, 0.2) is 30.5 Å². The van der Waals surface area contributed by atoms with Gasteiger partial charge in [-0.05, 0) is 29.7 Å². The highest BCUT2D eigenvalue weighted by Crippen LogP contribution is 2.27. The molecule has 1 aliphatic rings. The van der Waals surface area contributed by atoms with Gasteiger partial charge in [0.1, 0.15) is 17.9 Å². The second-order valence-corrected chi connectivity index (χ2v) is 8.10. The van der Waals surface area contributed by atoms with E-state index in [0.717, 1.165) is 43.7 Å². The Morgan fingerprint density at radius 1 is 1.19 bits per heavy atom. The summed E-state index contributed by atoms with van der Waals surface area (Å²) in [7, 11) is 0. The number of nitrogen functional groups attached to an aromatic ring is 1. The summed E-state index contributed by atoms with van der Waals surface area (Å²) >= 11 is 0. The first kappa shape index (κ1) is 19.4. The Labute approximate surface area is 159 Å². The molecule has 27 heavy (non-hydrogen) atoms. The van der Waals surface area contributed by atoms with E-state index in [0.29, 0.717) is 12.4 Å². The van der Waals surface area contributed by atoms with Crippen LogP contribution >= 0.6 is 0 Å². The number of rotatable bonds is 5. The molecule has 1 fully saturated rings. The van der Waals surface area contributed by atoms with E-state index in [1.54, 1.807) is 16.8 Å². The third-order valence-corrected chi connectivity index (χ3v) is 5.10. The molecule has 7 heteroatoms. The van der Waals surface area contributed by atoms with Crippen LogP contribution in [0.5, 0.6) is 0 Å². The molecule has 2 heterocycles. The fourth-order valence-corrected chi connectivity index (χ4v) is 3.51. The van der Waals surface area contributed by atoms with Crippen LogP contribution in [-0.2, 0) is 16.8 Å². The van der Waals surface area contributed by atoms with Gasteiger partial charge in [-0.1, -0.05) is 20.8 Å². The van der Waals surface area contributed by atoms with Gasteiger partial charge in [0.05, 0.1) is 12.6 Å². The lowest BCUT2D eigenvalue weighted by Crippen LogP contribution is -2.52. The third kappa shape index (κ3) is 4.47. The molecule has 1 aliphatic heterocycles. The van der Waals surface area contributed by atoms with Crippen molar-refractivity contribution in [3.63, 3.8) is 0 Å². The van der Waals surface area contributed by atoms with E-state index in [2.05, 4.69) is 35.7 Å². The van der Waals surface area contributed by atoms with Gasteiger partial charge in [-0.25, -0.2) is 4.39 Å². The highest BCUT2D eigenvalue weighted by molar-refractivity contribution is 5.58. The molecule has 1 aromatic carbocycles. The molecule has 1 saturated heterocycles. The maximum atomic E-state index is 13.1. The average Bonchev–Trinajstić information content (AvgIpc) is 3.01. The number of nitrogens with two attached hydrogens (primary N) is 1. The zero-order valence-electron chi connectivity index (χ0n) is 16.2. The number of carbonyl (C=O) groups excluding carboxylic acids is 1. The summed E-state index contributed by atoms with van der Waals surface area (Å²) < 4.78 is 14.9. The second-order valence-electron chi connectivity index (χ2n) is 8.10. The quantitative estimate of drug-likeness (QED) is 0.815. The lowest BCUT2D eigenvalue weighted by atomic mass is 9.89. The second kappa shape index (κ2) is 7.68. The van der Waals surface area contributed by atoms with Crippen LogP contribution in [-0.4, -0.2) is 53.2 Å². The number of anilines is 2. The molecule has 146 valence electrons. The molecule has 0 radical (unpaired) electrons. The molecule has 0 saturated carbocycles. The van der Waals surface area contributed by atoms with Gasteiger partial charge in [-0.3, -0.25) is 9.58 Å². The summed E-state index contributed by atoms with van der Waals surface area (Å²) in [5, 5.41) is 4.39. The third-order valence-electron chi connectivity index (χ3n) is 5.10. The van der Waals surface area contributed by atoms with E-state index < -0.39 is 0 Å². The van der Waals surface area contributed by atoms with Crippen molar-refractivity contribution in [3.8, 4) is 0 Å². The van der Waals surface area contributed by atoms with E-state index >= 15 is 0 Å². The zero-order valence-corrected chi connectivity index (χ0v) is 16.2. The number of hydrogen-bond acceptors (Lipinski definition) is 5. The number of aromatic nitrogens is 2. The molecule has 6 nitrogen and oxygen atoms in total. The molecule has 1 aromatic heterocycles. The normalized spacial score (nSPS) is 17.1. The van der Waals surface area contributed by atoms with Crippen molar-refractivity contribution in [2.24, 2.45) is 0 Å². The zero-order chi connectivity index (χ0) is 19.6. The molecule has 1 atom stereocenters. The van der Waals surface area contributed by atoms with Crippen LogP contribution in [0, 0.1) is 5.82 Å². The van der Waals surface area contributed by atoms with E-state index in [1.807, 2.05) is 6.20 Å². The van der Waals surface area contributed by atoms with E-state index in [1.165, 1.54) is 12.1 Å². The van der Waals surface area contributed by atoms with Gasteiger partial charge in [0.25, 0.3) is 0 Å². The van der Waals surface area contributed by atoms with Crippen LogP contribution in [0.2, 0.25) is 0 Å². The van der Waals surface area contributed by atoms with Crippen molar-refractivity contribution < 1.29 is 9.18 Å². The summed E-state index contributed by atoms with van der Waals surface area (Å²) in [6.45, 7) is 9.90. The minimum atomic E-state index is -0.243. The van der Waals surface area contributed by atoms with Gasteiger partial charge >= 0.3 is 0 Å². The predicted octanol–water partition coefficient (Wildman–Crippen LogP) is 2.29. The Balaban J connectivity index is 1.62. The van der Waals surface area contributed by atoms with Gasteiger partial charge < -0.3 is 15.4 Å². The number of benzene rings is 1. The van der Waals surface area contributed by atoms with Crippen molar-refractivity contribution in [2.75, 3.05) is 36.8 Å². The van der Waals surface area contributed by atoms with E-state index in [4.69, 9.17) is 5.73 Å². The molecule has 1 unspecified atom stereocenters.